The lowest BCUT2D eigenvalue weighted by molar-refractivity contribution is 0.0684. The molecule has 0 bridgehead atoms. The van der Waals surface area contributed by atoms with Gasteiger partial charge < -0.3 is 15.2 Å². The van der Waals surface area contributed by atoms with E-state index in [4.69, 9.17) is 9.84 Å². The van der Waals surface area contributed by atoms with E-state index in [1.807, 2.05) is 48.5 Å². The minimum Gasteiger partial charge on any atom is -0.477 e. The summed E-state index contributed by atoms with van der Waals surface area (Å²) in [7, 11) is 1.42. The maximum atomic E-state index is 12.5. The van der Waals surface area contributed by atoms with Crippen LogP contribution in [0.1, 0.15) is 38.0 Å². The van der Waals surface area contributed by atoms with Crippen molar-refractivity contribution >= 4 is 29.6 Å². The van der Waals surface area contributed by atoms with Crippen molar-refractivity contribution in [3.8, 4) is 11.1 Å². The van der Waals surface area contributed by atoms with Crippen LogP contribution < -0.4 is 10.6 Å². The zero-order valence-corrected chi connectivity index (χ0v) is 18.3. The summed E-state index contributed by atoms with van der Waals surface area (Å²) < 4.78 is 11.1. The first-order valence-corrected chi connectivity index (χ1v) is 10.5. The molecular formula is C23H18N6O6. The number of carboxylic acids is 1. The topological polar surface area (TPSA) is 161 Å². The first-order chi connectivity index (χ1) is 16.9. The lowest BCUT2D eigenvalue weighted by atomic mass is 9.98. The summed E-state index contributed by atoms with van der Waals surface area (Å²) in [6.45, 7) is 0.0680. The molecule has 0 unspecified atom stereocenters. The van der Waals surface area contributed by atoms with Gasteiger partial charge in [0, 0.05) is 19.0 Å². The summed E-state index contributed by atoms with van der Waals surface area (Å²) in [5, 5.41) is 24.8. The van der Waals surface area contributed by atoms with E-state index in [2.05, 4.69) is 30.7 Å². The van der Waals surface area contributed by atoms with E-state index in [0.29, 0.717) is 0 Å². The van der Waals surface area contributed by atoms with Gasteiger partial charge in [-0.25, -0.2) is 14.2 Å². The van der Waals surface area contributed by atoms with Crippen LogP contribution in [0, 0.1) is 0 Å². The molecule has 2 aromatic heterocycles. The standard InChI is InChI=1S/C23H18N6O6/c1-29-17(22(31)32)10-18(26-29)24-21(30)19-20(28-35-27-19)25-23(33)34-11-16-14-8-4-2-6-12(14)13-7-3-5-9-15(13)16/h2-10,16H,11H2,1H3,(H,31,32)(H,24,26,30)(H,25,28,33). The number of nitrogens with one attached hydrogen (secondary N) is 2. The second-order valence-corrected chi connectivity index (χ2v) is 7.71. The Balaban J connectivity index is 1.25. The fourth-order valence-corrected chi connectivity index (χ4v) is 4.05. The molecule has 1 aliphatic carbocycles. The van der Waals surface area contributed by atoms with Gasteiger partial charge in [0.2, 0.25) is 11.5 Å². The molecule has 0 atom stereocenters. The highest BCUT2D eigenvalue weighted by atomic mass is 16.6. The number of aryl methyl sites for hydroxylation is 1. The van der Waals surface area contributed by atoms with E-state index < -0.39 is 18.0 Å². The third kappa shape index (κ3) is 4.08. The average Bonchev–Trinajstić information content (AvgIpc) is 3.53. The first-order valence-electron chi connectivity index (χ1n) is 10.5. The molecule has 0 radical (unpaired) electrons. The summed E-state index contributed by atoms with van der Waals surface area (Å²) in [5.41, 5.74) is 3.84. The molecule has 35 heavy (non-hydrogen) atoms. The van der Waals surface area contributed by atoms with Crippen LogP contribution >= 0.6 is 0 Å². The Morgan fingerprint density at radius 1 is 1.03 bits per heavy atom. The van der Waals surface area contributed by atoms with Gasteiger partial charge in [-0.1, -0.05) is 48.5 Å². The zero-order chi connectivity index (χ0) is 24.5. The molecule has 0 saturated heterocycles. The van der Waals surface area contributed by atoms with Crippen molar-refractivity contribution in [3.05, 3.63) is 77.1 Å². The van der Waals surface area contributed by atoms with Gasteiger partial charge in [-0.3, -0.25) is 14.8 Å². The highest BCUT2D eigenvalue weighted by Gasteiger charge is 2.29. The van der Waals surface area contributed by atoms with E-state index in [9.17, 15) is 14.4 Å². The van der Waals surface area contributed by atoms with Crippen molar-refractivity contribution in [3.63, 3.8) is 0 Å². The number of carboxylic acid groups (broad SMARTS) is 1. The number of carbonyl (C=O) groups is 3. The molecule has 0 fully saturated rings. The molecule has 2 aromatic carbocycles. The highest BCUT2D eigenvalue weighted by Crippen LogP contribution is 2.44. The Kier molecular flexibility index (Phi) is 5.45. The molecule has 2 heterocycles. The smallest absolute Gasteiger partial charge is 0.412 e. The van der Waals surface area contributed by atoms with Gasteiger partial charge in [0.15, 0.2) is 5.82 Å². The summed E-state index contributed by atoms with van der Waals surface area (Å²) >= 11 is 0. The largest absolute Gasteiger partial charge is 0.477 e. The van der Waals surface area contributed by atoms with Gasteiger partial charge in [0.1, 0.15) is 12.3 Å². The van der Waals surface area contributed by atoms with Gasteiger partial charge >= 0.3 is 12.1 Å². The first kappa shape index (κ1) is 21.8. The number of hydrogen-bond acceptors (Lipinski definition) is 8. The predicted molar refractivity (Wildman–Crippen MR) is 121 cm³/mol. The fraction of sp³-hybridized carbons (Fsp3) is 0.130. The molecule has 12 heteroatoms. The summed E-state index contributed by atoms with van der Waals surface area (Å²) in [5.74, 6) is -2.44. The molecule has 12 nitrogen and oxygen atoms in total. The fourth-order valence-electron chi connectivity index (χ4n) is 4.05. The number of amides is 2. The minimum absolute atomic E-state index is 0.0232. The molecule has 0 aliphatic heterocycles. The molecule has 3 N–H and O–H groups in total. The zero-order valence-electron chi connectivity index (χ0n) is 18.3. The average molecular weight is 474 g/mol. The predicted octanol–water partition coefficient (Wildman–Crippen LogP) is 3.11. The van der Waals surface area contributed by atoms with Gasteiger partial charge in [0.05, 0.1) is 0 Å². The molecule has 2 amide bonds. The van der Waals surface area contributed by atoms with Gasteiger partial charge in [-0.2, -0.15) is 5.10 Å². The third-order valence-corrected chi connectivity index (χ3v) is 5.61. The highest BCUT2D eigenvalue weighted by molar-refractivity contribution is 6.07. The van der Waals surface area contributed by atoms with Crippen LogP contribution in [-0.2, 0) is 11.8 Å². The van der Waals surface area contributed by atoms with Crippen molar-refractivity contribution in [2.45, 2.75) is 5.92 Å². The van der Waals surface area contributed by atoms with Crippen LogP contribution in [0.2, 0.25) is 0 Å². The monoisotopic (exact) mass is 474 g/mol. The maximum absolute atomic E-state index is 12.5. The number of rotatable bonds is 6. The molecule has 5 rings (SSSR count). The molecule has 1 aliphatic rings. The number of fused-ring (bicyclic) bond motifs is 3. The molecular weight excluding hydrogens is 456 g/mol. The van der Waals surface area contributed by atoms with E-state index in [1.54, 1.807) is 0 Å². The Hall–Kier alpha value is -5.00. The molecule has 176 valence electrons. The Morgan fingerprint density at radius 2 is 1.69 bits per heavy atom. The SMILES string of the molecule is Cn1nc(NC(=O)c2nonc2NC(=O)OCC2c3ccccc3-c3ccccc32)cc1C(=O)O. The normalized spacial score (nSPS) is 12.0. The molecule has 4 aromatic rings. The number of anilines is 2. The lowest BCUT2D eigenvalue weighted by Gasteiger charge is -2.14. The lowest BCUT2D eigenvalue weighted by Crippen LogP contribution is -2.21. The van der Waals surface area contributed by atoms with Crippen LogP contribution in [0.3, 0.4) is 0 Å². The van der Waals surface area contributed by atoms with E-state index in [1.165, 1.54) is 13.1 Å². The van der Waals surface area contributed by atoms with Gasteiger partial charge in [-0.05, 0) is 32.6 Å². The van der Waals surface area contributed by atoms with Crippen molar-refractivity contribution in [2.75, 3.05) is 17.2 Å². The number of carbonyl (C=O) groups excluding carboxylic acids is 2. The van der Waals surface area contributed by atoms with Crippen molar-refractivity contribution in [1.82, 2.24) is 20.1 Å². The molecule has 0 saturated carbocycles. The number of nitrogens with zero attached hydrogens (tertiary/aromatic N) is 4. The maximum Gasteiger partial charge on any atom is 0.412 e. The summed E-state index contributed by atoms with van der Waals surface area (Å²) in [6.07, 6.45) is -0.845. The van der Waals surface area contributed by atoms with E-state index >= 15 is 0 Å². The van der Waals surface area contributed by atoms with E-state index in [-0.39, 0.29) is 35.5 Å². The number of aromatic carboxylic acids is 1. The van der Waals surface area contributed by atoms with Crippen molar-refractivity contribution < 1.29 is 28.9 Å². The van der Waals surface area contributed by atoms with Gasteiger partial charge in [-0.15, -0.1) is 0 Å². The quantitative estimate of drug-likeness (QED) is 0.381. The number of ether oxygens (including phenoxy) is 1. The van der Waals surface area contributed by atoms with Crippen LogP contribution in [-0.4, -0.2) is 49.8 Å². The number of benzene rings is 2. The summed E-state index contributed by atoms with van der Waals surface area (Å²) in [4.78, 5) is 36.2. The third-order valence-electron chi connectivity index (χ3n) is 5.61. The number of hydrogen-bond donors (Lipinski definition) is 3. The Bertz CT molecular complexity index is 1410. The van der Waals surface area contributed by atoms with Crippen LogP contribution in [0.4, 0.5) is 16.4 Å². The van der Waals surface area contributed by atoms with E-state index in [0.717, 1.165) is 26.9 Å². The minimum atomic E-state index is -1.21. The van der Waals surface area contributed by atoms with Crippen molar-refractivity contribution in [2.24, 2.45) is 7.05 Å². The molecule has 0 spiro atoms. The second-order valence-electron chi connectivity index (χ2n) is 7.71. The Labute approximate surface area is 197 Å². The van der Waals surface area contributed by atoms with Crippen molar-refractivity contribution in [1.29, 1.82) is 0 Å². The second kappa shape index (κ2) is 8.74. The van der Waals surface area contributed by atoms with Crippen LogP contribution in [0.5, 0.6) is 0 Å². The summed E-state index contributed by atoms with van der Waals surface area (Å²) in [6, 6.07) is 17.0. The van der Waals surface area contributed by atoms with Crippen LogP contribution in [0.25, 0.3) is 11.1 Å². The Morgan fingerprint density at radius 3 is 2.31 bits per heavy atom. The van der Waals surface area contributed by atoms with Gasteiger partial charge in [0.25, 0.3) is 5.91 Å². The van der Waals surface area contributed by atoms with Crippen LogP contribution in [0.15, 0.2) is 59.2 Å². The number of aromatic nitrogens is 4.